The lowest BCUT2D eigenvalue weighted by Crippen LogP contribution is -2.53. The summed E-state index contributed by atoms with van der Waals surface area (Å²) in [7, 11) is 5.43. The van der Waals surface area contributed by atoms with Crippen molar-refractivity contribution in [2.45, 2.75) is 32.9 Å². The average molecular weight is 286 g/mol. The van der Waals surface area contributed by atoms with Crippen LogP contribution in [0, 0.1) is 0 Å². The van der Waals surface area contributed by atoms with E-state index in [1.54, 1.807) is 13.8 Å². The Morgan fingerprint density at radius 1 is 1.20 bits per heavy atom. The van der Waals surface area contributed by atoms with Gasteiger partial charge in [-0.05, 0) is 20.8 Å². The largest absolute Gasteiger partial charge is 0.463 e. The van der Waals surface area contributed by atoms with Gasteiger partial charge in [0.05, 0.1) is 27.7 Å². The van der Waals surface area contributed by atoms with E-state index < -0.39 is 29.9 Å². The Balaban J connectivity index is 5.22. The van der Waals surface area contributed by atoms with Crippen molar-refractivity contribution in [1.82, 2.24) is 0 Å². The molecule has 0 aliphatic rings. The van der Waals surface area contributed by atoms with Crippen molar-refractivity contribution >= 4 is 17.7 Å². The number of Topliss-reactive ketones (excluding diaryl/α,β-unsaturated/α-hetero) is 1. The van der Waals surface area contributed by atoms with Crippen LogP contribution in [0.25, 0.3) is 0 Å². The Labute approximate surface area is 119 Å². The van der Waals surface area contributed by atoms with Gasteiger partial charge in [-0.3, -0.25) is 4.79 Å². The fraction of sp³-hybridized carbons (Fsp3) is 0.643. The van der Waals surface area contributed by atoms with Gasteiger partial charge in [-0.15, -0.1) is 0 Å². The summed E-state index contributed by atoms with van der Waals surface area (Å²) < 4.78 is 10.0. The van der Waals surface area contributed by atoms with Crippen molar-refractivity contribution in [3.8, 4) is 0 Å². The first kappa shape index (κ1) is 18.3. The number of quaternary nitrogens is 1. The molecule has 0 spiro atoms. The van der Waals surface area contributed by atoms with Crippen LogP contribution in [0.3, 0.4) is 0 Å². The summed E-state index contributed by atoms with van der Waals surface area (Å²) in [4.78, 5) is 35.7. The number of ether oxygens (including phenoxy) is 2. The summed E-state index contributed by atoms with van der Waals surface area (Å²) in [6, 6.07) is -0.526. The smallest absolute Gasteiger partial charge is 0.355 e. The number of esters is 2. The van der Waals surface area contributed by atoms with Gasteiger partial charge in [0.15, 0.2) is 0 Å². The molecule has 0 amide bonds. The topological polar surface area (TPSA) is 69.7 Å². The monoisotopic (exact) mass is 286 g/mol. The van der Waals surface area contributed by atoms with Crippen LogP contribution in [0.15, 0.2) is 12.2 Å². The molecule has 0 aliphatic carbocycles. The molecule has 2 atom stereocenters. The first-order chi connectivity index (χ1) is 9.02. The van der Waals surface area contributed by atoms with Crippen molar-refractivity contribution in [2.75, 3.05) is 27.7 Å². The van der Waals surface area contributed by atoms with Crippen LogP contribution in [0.5, 0.6) is 0 Å². The maximum atomic E-state index is 12.3. The van der Waals surface area contributed by atoms with E-state index in [-0.39, 0.29) is 12.2 Å². The van der Waals surface area contributed by atoms with Crippen LogP contribution >= 0.6 is 0 Å². The second-order valence-corrected chi connectivity index (χ2v) is 5.51. The number of likely N-dealkylation sites (N-methyl/N-ethyl adjacent to an activating group) is 1. The molecule has 0 heterocycles. The number of hydrogen-bond donors (Lipinski definition) is 0. The fourth-order valence-electron chi connectivity index (χ4n) is 1.25. The molecule has 0 aromatic rings. The summed E-state index contributed by atoms with van der Waals surface area (Å²) in [6.07, 6.45) is -1.55. The van der Waals surface area contributed by atoms with Gasteiger partial charge in [-0.25, -0.2) is 9.59 Å². The van der Waals surface area contributed by atoms with Crippen LogP contribution in [-0.4, -0.2) is 62.1 Å². The molecule has 0 aromatic carbocycles. The first-order valence-corrected chi connectivity index (χ1v) is 6.40. The number of nitrogens with zero attached hydrogens (tertiary/aromatic N) is 1. The second-order valence-electron chi connectivity index (χ2n) is 5.51. The molecule has 0 saturated heterocycles. The van der Waals surface area contributed by atoms with Crippen LogP contribution < -0.4 is 0 Å². The molecule has 0 aliphatic heterocycles. The molecular formula is C14H24NO5+. The Morgan fingerprint density at radius 2 is 1.70 bits per heavy atom. The second kappa shape index (κ2) is 7.19. The van der Waals surface area contributed by atoms with Crippen molar-refractivity contribution in [1.29, 1.82) is 0 Å². The molecule has 6 nitrogen and oxygen atoms in total. The van der Waals surface area contributed by atoms with E-state index >= 15 is 0 Å². The first-order valence-electron chi connectivity index (χ1n) is 6.40. The summed E-state index contributed by atoms with van der Waals surface area (Å²) in [5.74, 6) is -2.14. The van der Waals surface area contributed by atoms with E-state index in [9.17, 15) is 14.4 Å². The molecule has 0 bridgehead atoms. The average Bonchev–Trinajstić information content (AvgIpc) is 2.32. The fourth-order valence-corrected chi connectivity index (χ4v) is 1.25. The molecule has 2 unspecified atom stereocenters. The van der Waals surface area contributed by atoms with Gasteiger partial charge in [0.25, 0.3) is 6.10 Å². The lowest BCUT2D eigenvalue weighted by molar-refractivity contribution is -0.884. The Morgan fingerprint density at radius 3 is 2.05 bits per heavy atom. The highest BCUT2D eigenvalue weighted by Gasteiger charge is 2.40. The van der Waals surface area contributed by atoms with Gasteiger partial charge in [-0.2, -0.15) is 0 Å². The Bertz CT molecular complexity index is 408. The molecular weight excluding hydrogens is 262 g/mol. The third-order valence-corrected chi connectivity index (χ3v) is 2.91. The van der Waals surface area contributed by atoms with Crippen molar-refractivity contribution < 1.29 is 28.3 Å². The SMILES string of the molecule is C=C(C)C(=O)OC(C(=O)OCC)C(=O)C(C)[N+](C)(C)C. The molecule has 0 aromatic heterocycles. The minimum absolute atomic E-state index is 0.103. The van der Waals surface area contributed by atoms with Crippen molar-refractivity contribution in [3.63, 3.8) is 0 Å². The zero-order chi connectivity index (χ0) is 16.1. The predicted octanol–water partition coefficient (Wildman–Crippen LogP) is 0.701. The molecule has 0 saturated carbocycles. The van der Waals surface area contributed by atoms with Crippen molar-refractivity contribution in [3.05, 3.63) is 12.2 Å². The zero-order valence-corrected chi connectivity index (χ0v) is 13.1. The van der Waals surface area contributed by atoms with E-state index in [0.29, 0.717) is 4.48 Å². The number of carbonyl (C=O) groups excluding carboxylic acids is 3. The number of ketones is 1. The normalized spacial score (nSPS) is 14.1. The summed E-state index contributed by atoms with van der Waals surface area (Å²) >= 11 is 0. The van der Waals surface area contributed by atoms with Crippen LogP contribution in [0.1, 0.15) is 20.8 Å². The minimum Gasteiger partial charge on any atom is -0.463 e. The Hall–Kier alpha value is -1.69. The van der Waals surface area contributed by atoms with E-state index in [0.717, 1.165) is 0 Å². The van der Waals surface area contributed by atoms with Crippen LogP contribution in [0.2, 0.25) is 0 Å². The standard InChI is InChI=1S/C14H24NO5/c1-8-19-14(18)12(20-13(17)9(2)3)11(16)10(4)15(5,6)7/h10,12H,2,8H2,1,3-7H3/q+1. The number of carbonyl (C=O) groups is 3. The Kier molecular flexibility index (Phi) is 6.58. The van der Waals surface area contributed by atoms with Gasteiger partial charge in [0.2, 0.25) is 5.78 Å². The molecule has 0 radical (unpaired) electrons. The highest BCUT2D eigenvalue weighted by molar-refractivity contribution is 6.06. The van der Waals surface area contributed by atoms with Crippen molar-refractivity contribution in [2.24, 2.45) is 0 Å². The van der Waals surface area contributed by atoms with Crippen LogP contribution in [0.4, 0.5) is 0 Å². The molecule has 0 rings (SSSR count). The quantitative estimate of drug-likeness (QED) is 0.298. The molecule has 6 heteroatoms. The number of rotatable bonds is 7. The third kappa shape index (κ3) is 5.13. The van der Waals surface area contributed by atoms with Crippen LogP contribution in [-0.2, 0) is 23.9 Å². The maximum Gasteiger partial charge on any atom is 0.355 e. The highest BCUT2D eigenvalue weighted by atomic mass is 16.6. The summed E-state index contributed by atoms with van der Waals surface area (Å²) in [6.45, 7) is 8.25. The van der Waals surface area contributed by atoms with E-state index in [1.807, 2.05) is 21.1 Å². The third-order valence-electron chi connectivity index (χ3n) is 2.91. The van der Waals surface area contributed by atoms with Gasteiger partial charge in [0.1, 0.15) is 6.04 Å². The summed E-state index contributed by atoms with van der Waals surface area (Å²) in [5.41, 5.74) is 0.116. The lowest BCUT2D eigenvalue weighted by Gasteiger charge is -2.31. The van der Waals surface area contributed by atoms with E-state index in [2.05, 4.69) is 6.58 Å². The minimum atomic E-state index is -1.55. The molecule has 114 valence electrons. The highest BCUT2D eigenvalue weighted by Crippen LogP contribution is 2.11. The van der Waals surface area contributed by atoms with E-state index in [1.165, 1.54) is 6.92 Å². The summed E-state index contributed by atoms with van der Waals surface area (Å²) in [5, 5.41) is 0. The van der Waals surface area contributed by atoms with E-state index in [4.69, 9.17) is 9.47 Å². The van der Waals surface area contributed by atoms with Gasteiger partial charge >= 0.3 is 11.9 Å². The lowest BCUT2D eigenvalue weighted by atomic mass is 10.1. The number of hydrogen-bond acceptors (Lipinski definition) is 5. The molecule has 0 fully saturated rings. The predicted molar refractivity (Wildman–Crippen MR) is 73.8 cm³/mol. The van der Waals surface area contributed by atoms with Gasteiger partial charge in [-0.1, -0.05) is 6.58 Å². The van der Waals surface area contributed by atoms with Gasteiger partial charge in [0, 0.05) is 5.57 Å². The molecule has 20 heavy (non-hydrogen) atoms. The zero-order valence-electron chi connectivity index (χ0n) is 13.1. The maximum absolute atomic E-state index is 12.3. The van der Waals surface area contributed by atoms with Gasteiger partial charge < -0.3 is 14.0 Å². The molecule has 0 N–H and O–H groups in total.